The molecule has 0 aliphatic rings. The Morgan fingerprint density at radius 2 is 2.04 bits per heavy atom. The first kappa shape index (κ1) is 21.0. The fourth-order valence-electron chi connectivity index (χ4n) is 2.24. The molecule has 0 aromatic heterocycles. The van der Waals surface area contributed by atoms with Crippen LogP contribution in [0.4, 0.5) is 5.69 Å². The number of carbonyl (C=O) groups is 1. The molecule has 2 aromatic carbocycles. The van der Waals surface area contributed by atoms with Crippen molar-refractivity contribution < 1.29 is 23.2 Å². The molecule has 0 saturated carbocycles. The van der Waals surface area contributed by atoms with Gasteiger partial charge >= 0.3 is 29.6 Å². The van der Waals surface area contributed by atoms with Crippen molar-refractivity contribution in [2.75, 3.05) is 6.61 Å². The fourth-order valence-corrected chi connectivity index (χ4v) is 3.92. The Labute approximate surface area is 167 Å². The molecule has 0 aliphatic carbocycles. The van der Waals surface area contributed by atoms with Gasteiger partial charge in [-0.3, -0.25) is 19.6 Å². The van der Waals surface area contributed by atoms with E-state index in [9.17, 15) is 23.3 Å². The molecule has 0 unspecified atom stereocenters. The zero-order valence-electron chi connectivity index (χ0n) is 11.5. The van der Waals surface area contributed by atoms with Crippen molar-refractivity contribution in [3.05, 3.63) is 44.4 Å². The molecule has 8 nitrogen and oxygen atoms in total. The molecule has 0 spiro atoms. The molecular weight excluding hydrogens is 415 g/mol. The van der Waals surface area contributed by atoms with E-state index in [1.165, 1.54) is 24.3 Å². The number of sulfonamides is 1. The van der Waals surface area contributed by atoms with Crippen LogP contribution in [0.1, 0.15) is 5.56 Å². The van der Waals surface area contributed by atoms with Gasteiger partial charge in [0, 0.05) is 22.5 Å². The number of hydrogen-bond acceptors (Lipinski definition) is 6. The van der Waals surface area contributed by atoms with Gasteiger partial charge in [-0.15, -0.1) is 0 Å². The van der Waals surface area contributed by atoms with Crippen molar-refractivity contribution in [1.82, 2.24) is 4.72 Å². The van der Waals surface area contributed by atoms with E-state index in [2.05, 4.69) is 15.9 Å². The quantitative estimate of drug-likeness (QED) is 0.304. The molecule has 0 fully saturated rings. The number of rotatable bonds is 6. The number of halogens is 1. The first-order valence-electron chi connectivity index (χ1n) is 6.28. The number of aliphatic hydroxyl groups excluding tert-OH is 1. The molecule has 0 bridgehead atoms. The normalized spacial score (nSPS) is 10.9. The van der Waals surface area contributed by atoms with Gasteiger partial charge in [-0.05, 0) is 34.0 Å². The molecule has 124 valence electrons. The Hall–Kier alpha value is -1.04. The molecule has 11 heteroatoms. The van der Waals surface area contributed by atoms with Gasteiger partial charge in [0.2, 0.25) is 6.41 Å². The topological polar surface area (TPSA) is 127 Å². The van der Waals surface area contributed by atoms with Crippen molar-refractivity contribution >= 4 is 78.4 Å². The Morgan fingerprint density at radius 3 is 2.58 bits per heavy atom. The van der Waals surface area contributed by atoms with Crippen molar-refractivity contribution in [3.63, 3.8) is 0 Å². The minimum atomic E-state index is -4.28. The van der Waals surface area contributed by atoms with Crippen molar-refractivity contribution in [3.8, 4) is 0 Å². The molecule has 0 saturated heterocycles. The van der Waals surface area contributed by atoms with E-state index in [1.807, 2.05) is 0 Å². The Morgan fingerprint density at radius 1 is 1.38 bits per heavy atom. The van der Waals surface area contributed by atoms with Crippen LogP contribution in [0.5, 0.6) is 0 Å². The SMILES string of the molecule is O=CNS(=O)(=O)c1cc(CCO)c(Br)c2cccc([N+](=O)[O-])c12.[NaH]. The second-order valence-corrected chi connectivity index (χ2v) is 6.99. The van der Waals surface area contributed by atoms with Gasteiger partial charge in [0.05, 0.1) is 10.3 Å². The fraction of sp³-hybridized carbons (Fsp3) is 0.154. The standard InChI is InChI=1S/C13H11BrN2O6S.Na.H/c14-13-8(4-5-17)6-11(23(21,22)15-7-18)12-9(13)2-1-3-10(12)16(19)20;;/h1-3,6-7,17H,4-5H2,(H,15,18);;. The maximum atomic E-state index is 12.2. The van der Waals surface area contributed by atoms with Crippen LogP contribution in [0.25, 0.3) is 10.8 Å². The maximum absolute atomic E-state index is 12.2. The van der Waals surface area contributed by atoms with E-state index >= 15 is 0 Å². The number of fused-ring (bicyclic) bond motifs is 1. The first-order valence-corrected chi connectivity index (χ1v) is 8.56. The minimum absolute atomic E-state index is 0. The predicted octanol–water partition coefficient (Wildman–Crippen LogP) is 0.832. The predicted molar refractivity (Wildman–Crippen MR) is 92.6 cm³/mol. The van der Waals surface area contributed by atoms with E-state index < -0.39 is 25.5 Å². The number of carbonyl (C=O) groups excluding carboxylic acids is 1. The summed E-state index contributed by atoms with van der Waals surface area (Å²) in [5.74, 6) is 0. The van der Waals surface area contributed by atoms with E-state index in [0.717, 1.165) is 0 Å². The van der Waals surface area contributed by atoms with Gasteiger partial charge in [-0.25, -0.2) is 8.42 Å². The zero-order valence-corrected chi connectivity index (χ0v) is 13.9. The van der Waals surface area contributed by atoms with Crippen molar-refractivity contribution in [2.24, 2.45) is 0 Å². The number of nitrogens with zero attached hydrogens (tertiary/aromatic N) is 1. The van der Waals surface area contributed by atoms with Crippen LogP contribution in [0.15, 0.2) is 33.6 Å². The van der Waals surface area contributed by atoms with Gasteiger partial charge in [-0.2, -0.15) is 0 Å². The number of nitro groups is 1. The van der Waals surface area contributed by atoms with E-state index in [0.29, 0.717) is 15.4 Å². The van der Waals surface area contributed by atoms with Gasteiger partial charge in [0.25, 0.3) is 15.7 Å². The summed E-state index contributed by atoms with van der Waals surface area (Å²) in [4.78, 5) is 20.7. The van der Waals surface area contributed by atoms with E-state index in [1.54, 1.807) is 4.72 Å². The Bertz CT molecular complexity index is 903. The molecule has 24 heavy (non-hydrogen) atoms. The summed E-state index contributed by atoms with van der Waals surface area (Å²) in [5.41, 5.74) is 0.0526. The van der Waals surface area contributed by atoms with Crippen LogP contribution in [-0.4, -0.2) is 61.0 Å². The van der Waals surface area contributed by atoms with Crippen LogP contribution in [0.2, 0.25) is 0 Å². The number of non-ortho nitro benzene ring substituents is 1. The van der Waals surface area contributed by atoms with Crippen molar-refractivity contribution in [2.45, 2.75) is 11.3 Å². The number of amides is 1. The monoisotopic (exact) mass is 426 g/mol. The molecule has 2 N–H and O–H groups in total. The summed E-state index contributed by atoms with van der Waals surface area (Å²) in [5, 5.41) is 20.5. The molecule has 0 aliphatic heterocycles. The summed E-state index contributed by atoms with van der Waals surface area (Å²) in [7, 11) is -4.28. The average Bonchev–Trinajstić information content (AvgIpc) is 2.49. The van der Waals surface area contributed by atoms with Crippen LogP contribution >= 0.6 is 15.9 Å². The second-order valence-electron chi connectivity index (χ2n) is 4.52. The number of benzene rings is 2. The zero-order chi connectivity index (χ0) is 17.2. The van der Waals surface area contributed by atoms with Gasteiger partial charge in [-0.1, -0.05) is 12.1 Å². The third-order valence-corrected chi connectivity index (χ3v) is 5.43. The second kappa shape index (κ2) is 8.37. The number of nitrogens with one attached hydrogen (secondary N) is 1. The van der Waals surface area contributed by atoms with Crippen LogP contribution in [-0.2, 0) is 21.2 Å². The molecule has 0 heterocycles. The number of hydrogen-bond donors (Lipinski definition) is 2. The third-order valence-electron chi connectivity index (χ3n) is 3.18. The third kappa shape index (κ3) is 3.95. The summed E-state index contributed by atoms with van der Waals surface area (Å²) in [6.07, 6.45) is 0.131. The van der Waals surface area contributed by atoms with E-state index in [4.69, 9.17) is 5.11 Å². The summed E-state index contributed by atoms with van der Waals surface area (Å²) in [6.45, 7) is -0.236. The van der Waals surface area contributed by atoms with Gasteiger partial charge < -0.3 is 5.11 Å². The van der Waals surface area contributed by atoms with Crippen LogP contribution in [0, 0.1) is 10.1 Å². The Balaban J connectivity index is 0.00000288. The molecule has 1 amide bonds. The van der Waals surface area contributed by atoms with Crippen molar-refractivity contribution in [1.29, 1.82) is 0 Å². The molecule has 2 aromatic rings. The molecular formula is C13H12BrN2NaO6S. The molecule has 0 atom stereocenters. The first-order chi connectivity index (χ1) is 10.8. The summed E-state index contributed by atoms with van der Waals surface area (Å²) < 4.78 is 26.6. The molecule has 0 radical (unpaired) electrons. The summed E-state index contributed by atoms with van der Waals surface area (Å²) >= 11 is 3.29. The average molecular weight is 427 g/mol. The number of nitro benzene ring substituents is 1. The number of aliphatic hydroxyl groups is 1. The molecule has 2 rings (SSSR count). The van der Waals surface area contributed by atoms with Crippen LogP contribution < -0.4 is 4.72 Å². The van der Waals surface area contributed by atoms with Crippen LogP contribution in [0.3, 0.4) is 0 Å². The summed E-state index contributed by atoms with van der Waals surface area (Å²) in [6, 6.07) is 5.34. The van der Waals surface area contributed by atoms with Gasteiger partial charge in [0.1, 0.15) is 4.90 Å². The van der Waals surface area contributed by atoms with Gasteiger partial charge in [0.15, 0.2) is 0 Å². The van der Waals surface area contributed by atoms with E-state index in [-0.39, 0.29) is 54.4 Å². The Kier molecular flexibility index (Phi) is 7.32.